The molecular weight excluding hydrogens is 240 g/mol. The first kappa shape index (κ1) is 14.0. The zero-order valence-electron chi connectivity index (χ0n) is 11.9. The summed E-state index contributed by atoms with van der Waals surface area (Å²) in [5, 5.41) is 0. The van der Waals surface area contributed by atoms with E-state index in [2.05, 4.69) is 13.0 Å². The van der Waals surface area contributed by atoms with Gasteiger partial charge in [-0.2, -0.15) is 0 Å². The average molecular weight is 260 g/mol. The fourth-order valence-electron chi connectivity index (χ4n) is 2.45. The van der Waals surface area contributed by atoms with Gasteiger partial charge in [0.15, 0.2) is 5.78 Å². The highest BCUT2D eigenvalue weighted by Crippen LogP contribution is 2.37. The molecule has 19 heavy (non-hydrogen) atoms. The molecule has 102 valence electrons. The van der Waals surface area contributed by atoms with Gasteiger partial charge in [0.1, 0.15) is 11.7 Å². The van der Waals surface area contributed by atoms with Gasteiger partial charge in [0.05, 0.1) is 6.61 Å². The molecule has 0 aliphatic carbocycles. The normalized spacial score (nSPS) is 26.3. The van der Waals surface area contributed by atoms with E-state index < -0.39 is 5.60 Å². The number of methoxy groups -OCH3 is 1. The van der Waals surface area contributed by atoms with Gasteiger partial charge in [0.2, 0.25) is 0 Å². The first-order chi connectivity index (χ1) is 8.96. The summed E-state index contributed by atoms with van der Waals surface area (Å²) in [6.45, 7) is 6.22. The van der Waals surface area contributed by atoms with Gasteiger partial charge >= 0.3 is 0 Å². The lowest BCUT2D eigenvalue weighted by Gasteiger charge is -2.25. The van der Waals surface area contributed by atoms with Crippen LogP contribution in [0.5, 0.6) is 0 Å². The lowest BCUT2D eigenvalue weighted by Crippen LogP contribution is -2.26. The van der Waals surface area contributed by atoms with Gasteiger partial charge < -0.3 is 9.47 Å². The number of rotatable bonds is 4. The Labute approximate surface area is 114 Å². The van der Waals surface area contributed by atoms with E-state index in [4.69, 9.17) is 9.47 Å². The Hall–Kier alpha value is -1.45. The van der Waals surface area contributed by atoms with Crippen molar-refractivity contribution in [3.8, 4) is 0 Å². The van der Waals surface area contributed by atoms with E-state index in [1.807, 2.05) is 31.2 Å². The standard InChI is InChI=1S/C16H20O3/c1-11-9-16(3,19-15(11)10-18-4)14-7-5-13(6-8-14)12(2)17/h5-9,15H,10H2,1-4H3/t15-,16-/m1/s1. The van der Waals surface area contributed by atoms with Crippen molar-refractivity contribution in [3.63, 3.8) is 0 Å². The van der Waals surface area contributed by atoms with Crippen molar-refractivity contribution < 1.29 is 14.3 Å². The van der Waals surface area contributed by atoms with Crippen molar-refractivity contribution in [1.29, 1.82) is 0 Å². The molecule has 0 spiro atoms. The Morgan fingerprint density at radius 3 is 2.53 bits per heavy atom. The number of Topliss-reactive ketones (excluding diaryl/α,β-unsaturated/α-hetero) is 1. The number of hydrogen-bond acceptors (Lipinski definition) is 3. The van der Waals surface area contributed by atoms with Gasteiger partial charge in [-0.1, -0.05) is 24.3 Å². The average Bonchev–Trinajstić information content (AvgIpc) is 2.66. The molecule has 1 aliphatic heterocycles. The molecule has 0 aromatic heterocycles. The third-order valence-corrected chi connectivity index (χ3v) is 3.58. The molecule has 0 saturated carbocycles. The SMILES string of the molecule is COC[C@H]1O[C@@](C)(c2ccc(C(C)=O)cc2)C=C1C. The van der Waals surface area contributed by atoms with Gasteiger partial charge in [-0.25, -0.2) is 0 Å². The van der Waals surface area contributed by atoms with Crippen LogP contribution in [0.4, 0.5) is 0 Å². The van der Waals surface area contributed by atoms with Gasteiger partial charge in [-0.15, -0.1) is 0 Å². The van der Waals surface area contributed by atoms with Crippen LogP contribution in [0.3, 0.4) is 0 Å². The van der Waals surface area contributed by atoms with Crippen LogP contribution >= 0.6 is 0 Å². The van der Waals surface area contributed by atoms with Gasteiger partial charge in [0, 0.05) is 12.7 Å². The highest BCUT2D eigenvalue weighted by molar-refractivity contribution is 5.94. The van der Waals surface area contributed by atoms with Crippen LogP contribution in [0.1, 0.15) is 36.7 Å². The summed E-state index contributed by atoms with van der Waals surface area (Å²) in [5.74, 6) is 0.0769. The topological polar surface area (TPSA) is 35.5 Å². The third kappa shape index (κ3) is 2.77. The number of ether oxygens (including phenoxy) is 2. The Morgan fingerprint density at radius 2 is 2.00 bits per heavy atom. The lowest BCUT2D eigenvalue weighted by molar-refractivity contribution is -0.0472. The van der Waals surface area contributed by atoms with Crippen LogP contribution in [0, 0.1) is 0 Å². The van der Waals surface area contributed by atoms with Crippen molar-refractivity contribution >= 4 is 5.78 Å². The molecule has 0 saturated heterocycles. The molecule has 0 bridgehead atoms. The predicted molar refractivity (Wildman–Crippen MR) is 74.3 cm³/mol. The van der Waals surface area contributed by atoms with E-state index in [1.54, 1.807) is 14.0 Å². The Bertz CT molecular complexity index is 501. The van der Waals surface area contributed by atoms with Crippen molar-refractivity contribution in [2.75, 3.05) is 13.7 Å². The van der Waals surface area contributed by atoms with Crippen LogP contribution < -0.4 is 0 Å². The number of carbonyl (C=O) groups is 1. The molecule has 2 rings (SSSR count). The Kier molecular flexibility index (Phi) is 3.88. The molecule has 0 radical (unpaired) electrons. The van der Waals surface area contributed by atoms with Gasteiger partial charge in [-0.3, -0.25) is 4.79 Å². The second kappa shape index (κ2) is 5.27. The van der Waals surface area contributed by atoms with Crippen molar-refractivity contribution in [2.24, 2.45) is 0 Å². The summed E-state index contributed by atoms with van der Waals surface area (Å²) >= 11 is 0. The van der Waals surface area contributed by atoms with Crippen LogP contribution in [0.25, 0.3) is 0 Å². The van der Waals surface area contributed by atoms with E-state index in [-0.39, 0.29) is 11.9 Å². The largest absolute Gasteiger partial charge is 0.382 e. The second-order valence-electron chi connectivity index (χ2n) is 5.19. The number of hydrogen-bond donors (Lipinski definition) is 0. The molecule has 0 N–H and O–H groups in total. The second-order valence-corrected chi connectivity index (χ2v) is 5.19. The molecule has 0 unspecified atom stereocenters. The van der Waals surface area contributed by atoms with Crippen LogP contribution in [-0.2, 0) is 15.1 Å². The van der Waals surface area contributed by atoms with E-state index in [0.29, 0.717) is 6.61 Å². The Balaban J connectivity index is 2.24. The third-order valence-electron chi connectivity index (χ3n) is 3.58. The smallest absolute Gasteiger partial charge is 0.159 e. The molecule has 1 heterocycles. The van der Waals surface area contributed by atoms with Crippen LogP contribution in [-0.4, -0.2) is 25.6 Å². The summed E-state index contributed by atoms with van der Waals surface area (Å²) in [6, 6.07) is 7.60. The number of carbonyl (C=O) groups excluding carboxylic acids is 1. The van der Waals surface area contributed by atoms with E-state index in [1.165, 1.54) is 5.57 Å². The fraction of sp³-hybridized carbons (Fsp3) is 0.438. The van der Waals surface area contributed by atoms with E-state index >= 15 is 0 Å². The minimum absolute atomic E-state index is 0.00230. The molecular formula is C16H20O3. The van der Waals surface area contributed by atoms with Crippen molar-refractivity contribution in [3.05, 3.63) is 47.0 Å². The maximum Gasteiger partial charge on any atom is 0.159 e. The molecule has 2 atom stereocenters. The zero-order valence-corrected chi connectivity index (χ0v) is 11.9. The van der Waals surface area contributed by atoms with E-state index in [0.717, 1.165) is 11.1 Å². The molecule has 0 amide bonds. The van der Waals surface area contributed by atoms with Gasteiger partial charge in [0.25, 0.3) is 0 Å². The zero-order chi connectivity index (χ0) is 14.0. The molecule has 0 fully saturated rings. The summed E-state index contributed by atoms with van der Waals surface area (Å²) in [6.07, 6.45) is 2.13. The van der Waals surface area contributed by atoms with Crippen LogP contribution in [0.2, 0.25) is 0 Å². The maximum absolute atomic E-state index is 11.3. The Morgan fingerprint density at radius 1 is 1.37 bits per heavy atom. The predicted octanol–water partition coefficient (Wildman–Crippen LogP) is 3.10. The summed E-state index contributed by atoms with van der Waals surface area (Å²) in [4.78, 5) is 11.3. The summed E-state index contributed by atoms with van der Waals surface area (Å²) < 4.78 is 11.3. The first-order valence-electron chi connectivity index (χ1n) is 6.44. The minimum Gasteiger partial charge on any atom is -0.382 e. The van der Waals surface area contributed by atoms with E-state index in [9.17, 15) is 4.79 Å². The molecule has 3 nitrogen and oxygen atoms in total. The maximum atomic E-state index is 11.3. The molecule has 1 aliphatic rings. The fourth-order valence-corrected chi connectivity index (χ4v) is 2.45. The molecule has 1 aromatic rings. The highest BCUT2D eigenvalue weighted by Gasteiger charge is 2.35. The lowest BCUT2D eigenvalue weighted by atomic mass is 9.94. The van der Waals surface area contributed by atoms with Crippen molar-refractivity contribution in [1.82, 2.24) is 0 Å². The highest BCUT2D eigenvalue weighted by atomic mass is 16.5. The summed E-state index contributed by atoms with van der Waals surface area (Å²) in [7, 11) is 1.67. The van der Waals surface area contributed by atoms with Crippen LogP contribution in [0.15, 0.2) is 35.9 Å². The quantitative estimate of drug-likeness (QED) is 0.616. The van der Waals surface area contributed by atoms with Crippen molar-refractivity contribution in [2.45, 2.75) is 32.5 Å². The number of benzene rings is 1. The van der Waals surface area contributed by atoms with Gasteiger partial charge in [-0.05, 0) is 38.0 Å². The molecule has 3 heteroatoms. The summed E-state index contributed by atoms with van der Waals surface area (Å²) in [5.41, 5.74) is 2.51. The minimum atomic E-state index is -0.442. The molecule has 1 aromatic carbocycles. The first-order valence-corrected chi connectivity index (χ1v) is 6.44. The number of ketones is 1. The monoisotopic (exact) mass is 260 g/mol.